The Morgan fingerprint density at radius 2 is 2.39 bits per heavy atom. The molecule has 0 aliphatic rings. The SMILES string of the molecule is CCN(Cc1cccs1)C(=O)c1c(N)cnn1C. The summed E-state index contributed by atoms with van der Waals surface area (Å²) >= 11 is 1.64. The van der Waals surface area contributed by atoms with Crippen LogP contribution >= 0.6 is 11.3 Å². The Morgan fingerprint density at radius 3 is 2.89 bits per heavy atom. The van der Waals surface area contributed by atoms with E-state index in [1.807, 2.05) is 24.4 Å². The predicted octanol–water partition coefficient (Wildman–Crippen LogP) is 1.73. The van der Waals surface area contributed by atoms with Crippen LogP contribution in [-0.2, 0) is 13.6 Å². The Balaban J connectivity index is 2.20. The van der Waals surface area contributed by atoms with E-state index in [-0.39, 0.29) is 5.91 Å². The molecule has 96 valence electrons. The van der Waals surface area contributed by atoms with Gasteiger partial charge in [0, 0.05) is 18.5 Å². The Labute approximate surface area is 110 Å². The van der Waals surface area contributed by atoms with Gasteiger partial charge in [-0.1, -0.05) is 6.07 Å². The maximum Gasteiger partial charge on any atom is 0.274 e. The molecule has 18 heavy (non-hydrogen) atoms. The number of amides is 1. The van der Waals surface area contributed by atoms with Crippen molar-refractivity contribution >= 4 is 22.9 Å². The number of aryl methyl sites for hydroxylation is 1. The Hall–Kier alpha value is -1.82. The number of carbonyl (C=O) groups is 1. The molecule has 2 aromatic rings. The van der Waals surface area contributed by atoms with Crippen molar-refractivity contribution in [2.24, 2.45) is 7.05 Å². The van der Waals surface area contributed by atoms with Crippen molar-refractivity contribution in [1.82, 2.24) is 14.7 Å². The highest BCUT2D eigenvalue weighted by Crippen LogP contribution is 2.17. The normalized spacial score (nSPS) is 10.6. The number of carbonyl (C=O) groups excluding carboxylic acids is 1. The van der Waals surface area contributed by atoms with Gasteiger partial charge >= 0.3 is 0 Å². The fourth-order valence-electron chi connectivity index (χ4n) is 1.78. The number of hydrogen-bond acceptors (Lipinski definition) is 4. The Morgan fingerprint density at radius 1 is 1.61 bits per heavy atom. The summed E-state index contributed by atoms with van der Waals surface area (Å²) in [5, 5.41) is 6.00. The summed E-state index contributed by atoms with van der Waals surface area (Å²) in [4.78, 5) is 15.3. The molecule has 2 heterocycles. The molecule has 2 aromatic heterocycles. The average molecular weight is 264 g/mol. The van der Waals surface area contributed by atoms with E-state index in [1.54, 1.807) is 23.3 Å². The summed E-state index contributed by atoms with van der Waals surface area (Å²) in [5.74, 6) is -0.0802. The van der Waals surface area contributed by atoms with Crippen molar-refractivity contribution in [3.8, 4) is 0 Å². The Bertz CT molecular complexity index is 513. The monoisotopic (exact) mass is 264 g/mol. The smallest absolute Gasteiger partial charge is 0.274 e. The molecule has 0 spiro atoms. The van der Waals surface area contributed by atoms with Gasteiger partial charge < -0.3 is 10.6 Å². The molecular weight excluding hydrogens is 248 g/mol. The van der Waals surface area contributed by atoms with E-state index in [1.165, 1.54) is 10.9 Å². The zero-order valence-corrected chi connectivity index (χ0v) is 11.3. The summed E-state index contributed by atoms with van der Waals surface area (Å²) in [6, 6.07) is 4.00. The van der Waals surface area contributed by atoms with Gasteiger partial charge in [0.1, 0.15) is 5.69 Å². The van der Waals surface area contributed by atoms with E-state index < -0.39 is 0 Å². The Kier molecular flexibility index (Phi) is 3.66. The van der Waals surface area contributed by atoms with Crippen LogP contribution in [-0.4, -0.2) is 27.1 Å². The first kappa shape index (κ1) is 12.6. The molecule has 0 aliphatic heterocycles. The molecular formula is C12H16N4OS. The first-order valence-corrected chi connectivity index (χ1v) is 6.60. The maximum atomic E-state index is 12.4. The first-order chi connectivity index (χ1) is 8.63. The maximum absolute atomic E-state index is 12.4. The minimum absolute atomic E-state index is 0.0802. The third-order valence-electron chi connectivity index (χ3n) is 2.77. The summed E-state index contributed by atoms with van der Waals surface area (Å²) in [6.07, 6.45) is 1.51. The minimum atomic E-state index is -0.0802. The molecule has 0 aromatic carbocycles. The van der Waals surface area contributed by atoms with Gasteiger partial charge in [-0.3, -0.25) is 9.48 Å². The number of nitrogens with two attached hydrogens (primary N) is 1. The molecule has 2 N–H and O–H groups in total. The van der Waals surface area contributed by atoms with Crippen LogP contribution in [0.15, 0.2) is 23.7 Å². The predicted molar refractivity (Wildman–Crippen MR) is 72.4 cm³/mol. The van der Waals surface area contributed by atoms with Gasteiger partial charge in [0.2, 0.25) is 0 Å². The molecule has 0 saturated carbocycles. The third-order valence-corrected chi connectivity index (χ3v) is 3.63. The highest BCUT2D eigenvalue weighted by atomic mass is 32.1. The topological polar surface area (TPSA) is 64.2 Å². The highest BCUT2D eigenvalue weighted by Gasteiger charge is 2.21. The van der Waals surface area contributed by atoms with Crippen LogP contribution in [0.2, 0.25) is 0 Å². The van der Waals surface area contributed by atoms with Crippen molar-refractivity contribution in [3.63, 3.8) is 0 Å². The summed E-state index contributed by atoms with van der Waals surface area (Å²) in [6.45, 7) is 3.21. The second-order valence-corrected chi connectivity index (χ2v) is 5.00. The third kappa shape index (κ3) is 2.38. The molecule has 0 saturated heterocycles. The minimum Gasteiger partial charge on any atom is -0.396 e. The van der Waals surface area contributed by atoms with Crippen LogP contribution in [0.25, 0.3) is 0 Å². The van der Waals surface area contributed by atoms with Crippen LogP contribution in [0.1, 0.15) is 22.3 Å². The molecule has 6 heteroatoms. The number of rotatable bonds is 4. The van der Waals surface area contributed by atoms with Crippen molar-refractivity contribution in [2.75, 3.05) is 12.3 Å². The lowest BCUT2D eigenvalue weighted by atomic mass is 10.3. The van der Waals surface area contributed by atoms with Gasteiger partial charge in [-0.2, -0.15) is 5.10 Å². The molecule has 0 bridgehead atoms. The molecule has 0 aliphatic carbocycles. The number of thiophene rings is 1. The molecule has 5 nitrogen and oxygen atoms in total. The fraction of sp³-hybridized carbons (Fsp3) is 0.333. The quantitative estimate of drug-likeness (QED) is 0.914. The largest absolute Gasteiger partial charge is 0.396 e. The van der Waals surface area contributed by atoms with Crippen LogP contribution in [0.3, 0.4) is 0 Å². The van der Waals surface area contributed by atoms with Gasteiger partial charge in [-0.05, 0) is 18.4 Å². The fourth-order valence-corrected chi connectivity index (χ4v) is 2.50. The number of aromatic nitrogens is 2. The van der Waals surface area contributed by atoms with E-state index in [2.05, 4.69) is 5.10 Å². The zero-order valence-electron chi connectivity index (χ0n) is 10.5. The molecule has 0 unspecified atom stereocenters. The molecule has 0 atom stereocenters. The van der Waals surface area contributed by atoms with Gasteiger partial charge in [-0.25, -0.2) is 0 Å². The molecule has 0 radical (unpaired) electrons. The second kappa shape index (κ2) is 5.22. The number of anilines is 1. The van der Waals surface area contributed by atoms with E-state index in [4.69, 9.17) is 5.73 Å². The average Bonchev–Trinajstić information content (AvgIpc) is 2.96. The lowest BCUT2D eigenvalue weighted by molar-refractivity contribution is 0.0744. The number of nitrogen functional groups attached to an aromatic ring is 1. The first-order valence-electron chi connectivity index (χ1n) is 5.72. The summed E-state index contributed by atoms with van der Waals surface area (Å²) in [7, 11) is 1.72. The van der Waals surface area contributed by atoms with Crippen molar-refractivity contribution in [2.45, 2.75) is 13.5 Å². The number of nitrogens with zero attached hydrogens (tertiary/aromatic N) is 3. The lowest BCUT2D eigenvalue weighted by Gasteiger charge is -2.20. The van der Waals surface area contributed by atoms with Crippen LogP contribution in [0.4, 0.5) is 5.69 Å². The molecule has 1 amide bonds. The number of hydrogen-bond donors (Lipinski definition) is 1. The van der Waals surface area contributed by atoms with Crippen LogP contribution < -0.4 is 5.73 Å². The van der Waals surface area contributed by atoms with E-state index in [0.29, 0.717) is 24.5 Å². The standard InChI is InChI=1S/C12H16N4OS/c1-3-16(8-9-5-4-6-18-9)12(17)11-10(13)7-14-15(11)2/h4-7H,3,8,13H2,1-2H3. The lowest BCUT2D eigenvalue weighted by Crippen LogP contribution is -2.32. The van der Waals surface area contributed by atoms with E-state index in [9.17, 15) is 4.79 Å². The highest BCUT2D eigenvalue weighted by molar-refractivity contribution is 7.09. The summed E-state index contributed by atoms with van der Waals surface area (Å²) < 4.78 is 1.52. The summed E-state index contributed by atoms with van der Waals surface area (Å²) in [5.41, 5.74) is 6.66. The van der Waals surface area contributed by atoms with Crippen molar-refractivity contribution < 1.29 is 4.79 Å². The van der Waals surface area contributed by atoms with Crippen LogP contribution in [0, 0.1) is 0 Å². The van der Waals surface area contributed by atoms with E-state index >= 15 is 0 Å². The van der Waals surface area contributed by atoms with Gasteiger partial charge in [0.05, 0.1) is 18.4 Å². The van der Waals surface area contributed by atoms with Gasteiger partial charge in [-0.15, -0.1) is 11.3 Å². The molecule has 2 rings (SSSR count). The van der Waals surface area contributed by atoms with Crippen molar-refractivity contribution in [3.05, 3.63) is 34.3 Å². The van der Waals surface area contributed by atoms with Gasteiger partial charge in [0.15, 0.2) is 0 Å². The van der Waals surface area contributed by atoms with Gasteiger partial charge in [0.25, 0.3) is 5.91 Å². The zero-order chi connectivity index (χ0) is 13.1. The second-order valence-electron chi connectivity index (χ2n) is 3.97. The molecule has 0 fully saturated rings. The van der Waals surface area contributed by atoms with E-state index in [0.717, 1.165) is 4.88 Å². The van der Waals surface area contributed by atoms with Crippen LogP contribution in [0.5, 0.6) is 0 Å². The van der Waals surface area contributed by atoms with Crippen molar-refractivity contribution in [1.29, 1.82) is 0 Å².